The molecule has 2 aromatic rings. The van der Waals surface area contributed by atoms with Crippen molar-refractivity contribution in [2.75, 3.05) is 5.32 Å². The summed E-state index contributed by atoms with van der Waals surface area (Å²) in [6.07, 6.45) is 4.57. The molecule has 0 saturated heterocycles. The van der Waals surface area contributed by atoms with Crippen LogP contribution in [0.25, 0.3) is 0 Å². The van der Waals surface area contributed by atoms with Crippen LogP contribution in [0.1, 0.15) is 13.0 Å². The summed E-state index contributed by atoms with van der Waals surface area (Å²) >= 11 is 0. The highest BCUT2D eigenvalue weighted by Gasteiger charge is 2.14. The summed E-state index contributed by atoms with van der Waals surface area (Å²) < 4.78 is 14.1. The maximum absolute atomic E-state index is 12.6. The molecule has 2 aromatic heterocycles. The van der Waals surface area contributed by atoms with Gasteiger partial charge in [0.05, 0.1) is 11.9 Å². The monoisotopic (exact) mass is 234 g/mol. The Morgan fingerprint density at radius 3 is 2.94 bits per heavy atom. The van der Waals surface area contributed by atoms with Gasteiger partial charge in [0.2, 0.25) is 11.9 Å². The molecule has 0 aliphatic heterocycles. The Hall–Kier alpha value is -2.24. The molecular formula is C11H11FN4O. The predicted octanol–water partition coefficient (Wildman–Crippen LogP) is 1.62. The second kappa shape index (κ2) is 4.73. The molecule has 0 saturated carbocycles. The predicted molar refractivity (Wildman–Crippen MR) is 59.8 cm³/mol. The van der Waals surface area contributed by atoms with E-state index >= 15 is 0 Å². The third-order valence-corrected chi connectivity index (χ3v) is 2.30. The highest BCUT2D eigenvalue weighted by Crippen LogP contribution is 2.10. The lowest BCUT2D eigenvalue weighted by Crippen LogP contribution is -2.24. The first-order chi connectivity index (χ1) is 8.16. The van der Waals surface area contributed by atoms with Crippen molar-refractivity contribution < 1.29 is 9.18 Å². The molecule has 0 aliphatic rings. The molecule has 1 N–H and O–H groups in total. The summed E-state index contributed by atoms with van der Waals surface area (Å²) in [5, 5.41) is 6.60. The Morgan fingerprint density at radius 1 is 1.53 bits per heavy atom. The lowest BCUT2D eigenvalue weighted by Gasteiger charge is -2.12. The first kappa shape index (κ1) is 11.3. The molecule has 2 heterocycles. The molecule has 17 heavy (non-hydrogen) atoms. The van der Waals surface area contributed by atoms with E-state index < -0.39 is 12.0 Å². The van der Waals surface area contributed by atoms with Crippen molar-refractivity contribution in [3.05, 3.63) is 42.7 Å². The molecule has 0 fully saturated rings. The van der Waals surface area contributed by atoms with Crippen molar-refractivity contribution in [1.82, 2.24) is 14.8 Å². The molecule has 0 spiro atoms. The molecule has 88 valence electrons. The van der Waals surface area contributed by atoms with E-state index in [-0.39, 0.29) is 5.91 Å². The molecule has 2 rings (SSSR count). The molecule has 0 aliphatic carbocycles. The van der Waals surface area contributed by atoms with Gasteiger partial charge in [0.1, 0.15) is 6.04 Å². The second-order valence-corrected chi connectivity index (χ2v) is 3.52. The van der Waals surface area contributed by atoms with Gasteiger partial charge < -0.3 is 5.32 Å². The molecule has 1 unspecified atom stereocenters. The maximum Gasteiger partial charge on any atom is 0.248 e. The van der Waals surface area contributed by atoms with Crippen molar-refractivity contribution in [2.24, 2.45) is 0 Å². The molecule has 5 nitrogen and oxygen atoms in total. The van der Waals surface area contributed by atoms with Crippen LogP contribution in [-0.4, -0.2) is 20.7 Å². The average molecular weight is 234 g/mol. The van der Waals surface area contributed by atoms with Crippen LogP contribution in [0.4, 0.5) is 10.1 Å². The second-order valence-electron chi connectivity index (χ2n) is 3.52. The quantitative estimate of drug-likeness (QED) is 0.821. The summed E-state index contributed by atoms with van der Waals surface area (Å²) in [7, 11) is 0. The lowest BCUT2D eigenvalue weighted by atomic mass is 10.3. The van der Waals surface area contributed by atoms with Crippen LogP contribution >= 0.6 is 0 Å². The highest BCUT2D eigenvalue weighted by atomic mass is 19.1. The molecule has 0 radical (unpaired) electrons. The number of aromatic nitrogens is 3. The van der Waals surface area contributed by atoms with E-state index in [1.54, 1.807) is 25.4 Å². The van der Waals surface area contributed by atoms with Gasteiger partial charge in [0.15, 0.2) is 0 Å². The molecular weight excluding hydrogens is 223 g/mol. The number of amides is 1. The number of rotatable bonds is 3. The van der Waals surface area contributed by atoms with Crippen molar-refractivity contribution in [1.29, 1.82) is 0 Å². The van der Waals surface area contributed by atoms with Crippen LogP contribution in [0, 0.1) is 5.95 Å². The average Bonchev–Trinajstić information content (AvgIpc) is 2.84. The maximum atomic E-state index is 12.6. The Kier molecular flexibility index (Phi) is 3.13. The van der Waals surface area contributed by atoms with Gasteiger partial charge >= 0.3 is 0 Å². The number of halogens is 1. The first-order valence-electron chi connectivity index (χ1n) is 5.08. The number of carbonyl (C=O) groups excluding carboxylic acids is 1. The number of anilines is 1. The zero-order valence-corrected chi connectivity index (χ0v) is 9.17. The van der Waals surface area contributed by atoms with Crippen molar-refractivity contribution in [2.45, 2.75) is 13.0 Å². The minimum Gasteiger partial charge on any atom is -0.323 e. The molecule has 6 heteroatoms. The van der Waals surface area contributed by atoms with Gasteiger partial charge in [-0.3, -0.25) is 9.48 Å². The Bertz CT molecular complexity index is 495. The smallest absolute Gasteiger partial charge is 0.248 e. The van der Waals surface area contributed by atoms with Crippen LogP contribution in [-0.2, 0) is 4.79 Å². The summed E-state index contributed by atoms with van der Waals surface area (Å²) in [5.41, 5.74) is 0.454. The van der Waals surface area contributed by atoms with Gasteiger partial charge in [0, 0.05) is 12.4 Å². The van der Waals surface area contributed by atoms with Crippen LogP contribution < -0.4 is 5.32 Å². The number of nitrogens with one attached hydrogen (secondary N) is 1. The Balaban J connectivity index is 2.04. The standard InChI is InChI=1S/C11H11FN4O/c1-8(16-6-2-5-14-16)11(17)15-9-3-4-10(12)13-7-9/h2-8H,1H3,(H,15,17). The third kappa shape index (κ3) is 2.66. The minimum atomic E-state index is -0.580. The normalized spacial score (nSPS) is 12.1. The minimum absolute atomic E-state index is 0.234. The number of carbonyl (C=O) groups is 1. The summed E-state index contributed by atoms with van der Waals surface area (Å²) in [6.45, 7) is 1.72. The van der Waals surface area contributed by atoms with Crippen LogP contribution in [0.3, 0.4) is 0 Å². The van der Waals surface area contributed by atoms with Gasteiger partial charge in [-0.15, -0.1) is 0 Å². The summed E-state index contributed by atoms with van der Waals surface area (Å²) in [4.78, 5) is 15.3. The van der Waals surface area contributed by atoms with E-state index in [1.165, 1.54) is 23.0 Å². The van der Waals surface area contributed by atoms with Crippen LogP contribution in [0.15, 0.2) is 36.8 Å². The first-order valence-corrected chi connectivity index (χ1v) is 5.08. The lowest BCUT2D eigenvalue weighted by molar-refractivity contribution is -0.119. The topological polar surface area (TPSA) is 59.8 Å². The molecule has 0 bridgehead atoms. The molecule has 1 amide bonds. The highest BCUT2D eigenvalue weighted by molar-refractivity contribution is 5.93. The molecule has 0 aromatic carbocycles. The third-order valence-electron chi connectivity index (χ3n) is 2.30. The largest absolute Gasteiger partial charge is 0.323 e. The van der Waals surface area contributed by atoms with Crippen LogP contribution in [0.2, 0.25) is 0 Å². The van der Waals surface area contributed by atoms with E-state index in [0.29, 0.717) is 5.69 Å². The number of hydrogen-bond acceptors (Lipinski definition) is 3. The van der Waals surface area contributed by atoms with Gasteiger partial charge in [0.25, 0.3) is 0 Å². The fourth-order valence-corrected chi connectivity index (χ4v) is 1.33. The number of hydrogen-bond donors (Lipinski definition) is 1. The van der Waals surface area contributed by atoms with E-state index in [1.807, 2.05) is 0 Å². The fraction of sp³-hybridized carbons (Fsp3) is 0.182. The van der Waals surface area contributed by atoms with Gasteiger partial charge in [-0.1, -0.05) is 0 Å². The van der Waals surface area contributed by atoms with Crippen molar-refractivity contribution >= 4 is 11.6 Å². The van der Waals surface area contributed by atoms with Gasteiger partial charge in [-0.25, -0.2) is 4.98 Å². The van der Waals surface area contributed by atoms with Crippen molar-refractivity contribution in [3.8, 4) is 0 Å². The van der Waals surface area contributed by atoms with Gasteiger partial charge in [-0.2, -0.15) is 9.49 Å². The number of pyridine rings is 1. The van der Waals surface area contributed by atoms with Crippen LogP contribution in [0.5, 0.6) is 0 Å². The zero-order valence-electron chi connectivity index (χ0n) is 9.17. The van der Waals surface area contributed by atoms with Gasteiger partial charge in [-0.05, 0) is 25.1 Å². The fourth-order valence-electron chi connectivity index (χ4n) is 1.33. The summed E-state index contributed by atoms with van der Waals surface area (Å²) in [6, 6.07) is 3.95. The number of nitrogens with zero attached hydrogens (tertiary/aromatic N) is 3. The zero-order chi connectivity index (χ0) is 12.3. The van der Waals surface area contributed by atoms with E-state index in [9.17, 15) is 9.18 Å². The summed E-state index contributed by atoms with van der Waals surface area (Å²) in [5.74, 6) is -0.815. The van der Waals surface area contributed by atoms with E-state index in [4.69, 9.17) is 0 Å². The SMILES string of the molecule is CC(C(=O)Nc1ccc(F)nc1)n1cccn1. The van der Waals surface area contributed by atoms with Crippen molar-refractivity contribution in [3.63, 3.8) is 0 Å². The van der Waals surface area contributed by atoms with E-state index in [0.717, 1.165) is 0 Å². The van der Waals surface area contributed by atoms with E-state index in [2.05, 4.69) is 15.4 Å². The molecule has 1 atom stereocenters. The Labute approximate surface area is 97.3 Å². The Morgan fingerprint density at radius 2 is 2.35 bits per heavy atom.